The molecule has 0 aromatic heterocycles. The summed E-state index contributed by atoms with van der Waals surface area (Å²) in [6, 6.07) is 49.9. The molecule has 1 aliphatic rings. The molecule has 0 unspecified atom stereocenters. The Balaban J connectivity index is 1.36. The fraction of sp³-hybridized carbons (Fsp3) is 0.0732. The molecule has 0 aliphatic heterocycles. The third-order valence-corrected chi connectivity index (χ3v) is 9.52. The predicted molar refractivity (Wildman–Crippen MR) is 176 cm³/mol. The van der Waals surface area contributed by atoms with Crippen molar-refractivity contribution in [3.05, 3.63) is 145 Å². The Morgan fingerprint density at radius 1 is 0.415 bits per heavy atom. The molecule has 0 N–H and O–H groups in total. The monoisotopic (exact) mass is 520 g/mol. The number of rotatable bonds is 2. The Bertz CT molecular complexity index is 2250. The van der Waals surface area contributed by atoms with Crippen LogP contribution in [-0.2, 0) is 5.41 Å². The molecule has 0 heterocycles. The molecule has 0 bridgehead atoms. The molecule has 0 heteroatoms. The van der Waals surface area contributed by atoms with Gasteiger partial charge in [-0.15, -0.1) is 0 Å². The fourth-order valence-electron chi connectivity index (χ4n) is 7.65. The molecule has 0 amide bonds. The fourth-order valence-corrected chi connectivity index (χ4v) is 7.65. The van der Waals surface area contributed by atoms with E-state index in [9.17, 15) is 0 Å². The molecule has 0 radical (unpaired) electrons. The highest BCUT2D eigenvalue weighted by Gasteiger charge is 2.38. The molecule has 0 nitrogen and oxygen atoms in total. The molecule has 192 valence electrons. The van der Waals surface area contributed by atoms with Gasteiger partial charge in [-0.2, -0.15) is 0 Å². The second-order valence-electron chi connectivity index (χ2n) is 12.2. The Labute approximate surface area is 239 Å². The van der Waals surface area contributed by atoms with Crippen LogP contribution >= 0.6 is 0 Å². The van der Waals surface area contributed by atoms with Crippen molar-refractivity contribution in [3.63, 3.8) is 0 Å². The lowest BCUT2D eigenvalue weighted by Crippen LogP contribution is -2.15. The molecule has 0 fully saturated rings. The van der Waals surface area contributed by atoms with Crippen molar-refractivity contribution in [2.45, 2.75) is 19.3 Å². The highest BCUT2D eigenvalue weighted by molar-refractivity contribution is 6.23. The van der Waals surface area contributed by atoms with Crippen LogP contribution in [0, 0.1) is 0 Å². The maximum absolute atomic E-state index is 2.48. The summed E-state index contributed by atoms with van der Waals surface area (Å²) < 4.78 is 0. The molecule has 0 saturated carbocycles. The Kier molecular flexibility index (Phi) is 4.49. The van der Waals surface area contributed by atoms with Crippen molar-refractivity contribution in [2.75, 3.05) is 0 Å². The van der Waals surface area contributed by atoms with Gasteiger partial charge in [-0.25, -0.2) is 0 Å². The van der Waals surface area contributed by atoms with E-state index in [0.29, 0.717) is 0 Å². The zero-order valence-corrected chi connectivity index (χ0v) is 23.2. The van der Waals surface area contributed by atoms with Gasteiger partial charge in [0.1, 0.15) is 0 Å². The number of benzene rings is 8. The van der Waals surface area contributed by atoms with E-state index in [4.69, 9.17) is 0 Å². The van der Waals surface area contributed by atoms with Crippen molar-refractivity contribution in [3.8, 4) is 33.4 Å². The van der Waals surface area contributed by atoms with Gasteiger partial charge in [0, 0.05) is 5.41 Å². The van der Waals surface area contributed by atoms with Crippen molar-refractivity contribution >= 4 is 43.1 Å². The molecular formula is C41H28. The average Bonchev–Trinajstić information content (AvgIpc) is 3.26. The first-order chi connectivity index (χ1) is 20.1. The zero-order valence-electron chi connectivity index (χ0n) is 23.2. The lowest BCUT2D eigenvalue weighted by molar-refractivity contribution is 0.666. The van der Waals surface area contributed by atoms with Gasteiger partial charge in [-0.3, -0.25) is 0 Å². The van der Waals surface area contributed by atoms with Crippen molar-refractivity contribution in [2.24, 2.45) is 0 Å². The third kappa shape index (κ3) is 3.11. The predicted octanol–water partition coefficient (Wildman–Crippen LogP) is 11.4. The van der Waals surface area contributed by atoms with Gasteiger partial charge in [-0.05, 0) is 112 Å². The molecule has 9 rings (SSSR count). The minimum Gasteiger partial charge on any atom is -0.0622 e. The maximum Gasteiger partial charge on any atom is 0.0165 e. The topological polar surface area (TPSA) is 0 Å². The van der Waals surface area contributed by atoms with Crippen LogP contribution in [0.1, 0.15) is 25.0 Å². The standard InChI is InChI=1S/C41H28/c1-41(2)36-24-32(31-21-29-17-15-27-12-8-13-28-16-18-30(22-31)38(29)37(27)28)23-35(25-9-4-3-5-10-25)39(36)34-20-19-26-11-6-7-14-33(26)40(34)41/h3-24H,1-2H3. The molecule has 8 aromatic rings. The van der Waals surface area contributed by atoms with Gasteiger partial charge < -0.3 is 0 Å². The van der Waals surface area contributed by atoms with Crippen LogP contribution in [-0.4, -0.2) is 0 Å². The van der Waals surface area contributed by atoms with Gasteiger partial charge >= 0.3 is 0 Å². The van der Waals surface area contributed by atoms with Crippen LogP contribution in [0.15, 0.2) is 133 Å². The molecule has 1 aliphatic carbocycles. The largest absolute Gasteiger partial charge is 0.0622 e. The van der Waals surface area contributed by atoms with E-state index in [1.165, 1.54) is 87.6 Å². The average molecular weight is 521 g/mol. The second kappa shape index (κ2) is 8.05. The summed E-state index contributed by atoms with van der Waals surface area (Å²) in [5, 5.41) is 10.6. The summed E-state index contributed by atoms with van der Waals surface area (Å²) >= 11 is 0. The molecule has 0 atom stereocenters. The first kappa shape index (κ1) is 22.8. The summed E-state index contributed by atoms with van der Waals surface area (Å²) in [5.74, 6) is 0. The first-order valence-electron chi connectivity index (χ1n) is 14.5. The quantitative estimate of drug-likeness (QED) is 0.199. The van der Waals surface area contributed by atoms with Gasteiger partial charge in [0.2, 0.25) is 0 Å². The number of fused-ring (bicyclic) bond motifs is 5. The summed E-state index contributed by atoms with van der Waals surface area (Å²) in [6.45, 7) is 4.81. The van der Waals surface area contributed by atoms with Gasteiger partial charge in [0.15, 0.2) is 0 Å². The van der Waals surface area contributed by atoms with Gasteiger partial charge in [0.25, 0.3) is 0 Å². The van der Waals surface area contributed by atoms with Crippen LogP contribution in [0.3, 0.4) is 0 Å². The molecular weight excluding hydrogens is 492 g/mol. The van der Waals surface area contributed by atoms with Crippen LogP contribution < -0.4 is 0 Å². The summed E-state index contributed by atoms with van der Waals surface area (Å²) in [7, 11) is 0. The van der Waals surface area contributed by atoms with Crippen LogP contribution in [0.5, 0.6) is 0 Å². The highest BCUT2D eigenvalue weighted by Crippen LogP contribution is 2.55. The lowest BCUT2D eigenvalue weighted by Gasteiger charge is -2.24. The van der Waals surface area contributed by atoms with Crippen molar-refractivity contribution in [1.82, 2.24) is 0 Å². The Morgan fingerprint density at radius 3 is 1.76 bits per heavy atom. The highest BCUT2D eigenvalue weighted by atomic mass is 14.4. The number of hydrogen-bond acceptors (Lipinski definition) is 0. The zero-order chi connectivity index (χ0) is 27.3. The normalized spacial score (nSPS) is 13.8. The summed E-state index contributed by atoms with van der Waals surface area (Å²) in [5.41, 5.74) is 10.6. The van der Waals surface area contributed by atoms with E-state index >= 15 is 0 Å². The second-order valence-corrected chi connectivity index (χ2v) is 12.2. The van der Waals surface area contributed by atoms with Crippen molar-refractivity contribution in [1.29, 1.82) is 0 Å². The lowest BCUT2D eigenvalue weighted by atomic mass is 9.79. The summed E-state index contributed by atoms with van der Waals surface area (Å²) in [6.07, 6.45) is 0. The van der Waals surface area contributed by atoms with Gasteiger partial charge in [-0.1, -0.05) is 123 Å². The molecule has 41 heavy (non-hydrogen) atoms. The number of hydrogen-bond donors (Lipinski definition) is 0. The molecule has 0 spiro atoms. The van der Waals surface area contributed by atoms with Crippen LogP contribution in [0.2, 0.25) is 0 Å². The van der Waals surface area contributed by atoms with Crippen LogP contribution in [0.4, 0.5) is 0 Å². The van der Waals surface area contributed by atoms with Gasteiger partial charge in [0.05, 0.1) is 0 Å². The third-order valence-electron chi connectivity index (χ3n) is 9.52. The Morgan fingerprint density at radius 2 is 1.00 bits per heavy atom. The van der Waals surface area contributed by atoms with Crippen LogP contribution in [0.25, 0.3) is 76.5 Å². The van der Waals surface area contributed by atoms with E-state index in [1.54, 1.807) is 0 Å². The molecule has 8 aromatic carbocycles. The van der Waals surface area contributed by atoms with E-state index < -0.39 is 0 Å². The van der Waals surface area contributed by atoms with E-state index in [0.717, 1.165) is 0 Å². The first-order valence-corrected chi connectivity index (χ1v) is 14.5. The summed E-state index contributed by atoms with van der Waals surface area (Å²) in [4.78, 5) is 0. The minimum absolute atomic E-state index is 0.124. The van der Waals surface area contributed by atoms with Crippen molar-refractivity contribution < 1.29 is 0 Å². The van der Waals surface area contributed by atoms with E-state index in [2.05, 4.69) is 147 Å². The minimum atomic E-state index is -0.124. The Hall–Kier alpha value is -4.94. The smallest absolute Gasteiger partial charge is 0.0165 e. The maximum atomic E-state index is 2.48. The molecule has 0 saturated heterocycles. The SMILES string of the molecule is CC1(C)c2cc(-c3cc4ccc5cccc6ccc(c3)c4c56)cc(-c3ccccc3)c2-c2ccc3ccccc3c21. The van der Waals surface area contributed by atoms with E-state index in [-0.39, 0.29) is 5.41 Å². The van der Waals surface area contributed by atoms with E-state index in [1.807, 2.05) is 0 Å².